The number of hydrogen-bond donors (Lipinski definition) is 1. The van der Waals surface area contributed by atoms with Crippen molar-refractivity contribution in [1.29, 1.82) is 0 Å². The van der Waals surface area contributed by atoms with Crippen molar-refractivity contribution in [3.8, 4) is 11.4 Å². The van der Waals surface area contributed by atoms with Crippen molar-refractivity contribution >= 4 is 40.9 Å². The van der Waals surface area contributed by atoms with Gasteiger partial charge in [-0.05, 0) is 37.3 Å². The molecule has 1 aromatic carbocycles. The summed E-state index contributed by atoms with van der Waals surface area (Å²) in [7, 11) is 0. The van der Waals surface area contributed by atoms with Crippen molar-refractivity contribution in [3.63, 3.8) is 0 Å². The number of hydrogen-bond acceptors (Lipinski definition) is 5. The van der Waals surface area contributed by atoms with Gasteiger partial charge in [0, 0.05) is 17.1 Å². The van der Waals surface area contributed by atoms with Crippen LogP contribution in [0.4, 0.5) is 0 Å². The first kappa shape index (κ1) is 20.5. The molecule has 0 saturated heterocycles. The first-order chi connectivity index (χ1) is 13.5. The fourth-order valence-electron chi connectivity index (χ4n) is 2.48. The number of nitrogens with zero attached hydrogens (tertiary/aromatic N) is 3. The maximum Gasteiger partial charge on any atom is 0.233 e. The number of carbonyl (C=O) groups is 1. The molecular formula is C19H18Cl2N4O2S. The van der Waals surface area contributed by atoms with Gasteiger partial charge in [-0.3, -0.25) is 9.36 Å². The molecule has 0 aliphatic rings. The molecular weight excluding hydrogens is 419 g/mol. The summed E-state index contributed by atoms with van der Waals surface area (Å²) in [5.41, 5.74) is 0.710. The maximum absolute atomic E-state index is 12.4. The molecule has 3 aromatic rings. The zero-order valence-electron chi connectivity index (χ0n) is 15.1. The number of thioether (sulfide) groups is 1. The van der Waals surface area contributed by atoms with Crippen LogP contribution in [0.3, 0.4) is 0 Å². The van der Waals surface area contributed by atoms with Gasteiger partial charge in [-0.1, -0.05) is 41.0 Å². The molecule has 28 heavy (non-hydrogen) atoms. The molecule has 0 unspecified atom stereocenters. The van der Waals surface area contributed by atoms with Crippen LogP contribution in [-0.4, -0.2) is 25.9 Å². The van der Waals surface area contributed by atoms with Crippen LogP contribution in [0.2, 0.25) is 10.0 Å². The summed E-state index contributed by atoms with van der Waals surface area (Å²) >= 11 is 13.6. The van der Waals surface area contributed by atoms with E-state index >= 15 is 0 Å². The Morgan fingerprint density at radius 3 is 2.89 bits per heavy atom. The molecule has 0 fully saturated rings. The van der Waals surface area contributed by atoms with Crippen molar-refractivity contribution < 1.29 is 9.21 Å². The largest absolute Gasteiger partial charge is 0.467 e. The Balaban J connectivity index is 1.77. The van der Waals surface area contributed by atoms with E-state index in [2.05, 4.69) is 22.1 Å². The zero-order valence-corrected chi connectivity index (χ0v) is 17.4. The fraction of sp³-hybridized carbons (Fsp3) is 0.211. The lowest BCUT2D eigenvalue weighted by Crippen LogP contribution is -2.30. The summed E-state index contributed by atoms with van der Waals surface area (Å²) in [6.45, 7) is 6.41. The Morgan fingerprint density at radius 1 is 1.39 bits per heavy atom. The molecule has 0 spiro atoms. The van der Waals surface area contributed by atoms with Gasteiger partial charge in [0.2, 0.25) is 5.91 Å². The number of carbonyl (C=O) groups excluding carboxylic acids is 1. The van der Waals surface area contributed by atoms with Crippen molar-refractivity contribution in [2.24, 2.45) is 0 Å². The number of benzene rings is 1. The zero-order chi connectivity index (χ0) is 20.1. The Morgan fingerprint density at radius 2 is 2.21 bits per heavy atom. The number of aromatic nitrogens is 3. The van der Waals surface area contributed by atoms with Crippen LogP contribution in [0.25, 0.3) is 11.4 Å². The smallest absolute Gasteiger partial charge is 0.233 e. The fourth-order valence-corrected chi connectivity index (χ4v) is 3.86. The van der Waals surface area contributed by atoms with Crippen LogP contribution in [-0.2, 0) is 17.9 Å². The monoisotopic (exact) mass is 436 g/mol. The molecule has 1 N–H and O–H groups in total. The second-order valence-corrected chi connectivity index (χ2v) is 8.04. The predicted molar refractivity (Wildman–Crippen MR) is 112 cm³/mol. The molecule has 3 rings (SSSR count). The third-order valence-corrected chi connectivity index (χ3v) is 5.50. The Kier molecular flexibility index (Phi) is 6.83. The van der Waals surface area contributed by atoms with Crippen molar-refractivity contribution in [3.05, 3.63) is 65.1 Å². The third-order valence-electron chi connectivity index (χ3n) is 3.87. The van der Waals surface area contributed by atoms with Gasteiger partial charge in [0.25, 0.3) is 0 Å². The highest BCUT2D eigenvalue weighted by Gasteiger charge is 2.21. The lowest BCUT2D eigenvalue weighted by Gasteiger charge is -2.13. The van der Waals surface area contributed by atoms with E-state index in [0.717, 1.165) is 0 Å². The highest BCUT2D eigenvalue weighted by atomic mass is 35.5. The Bertz CT molecular complexity index is 972. The highest BCUT2D eigenvalue weighted by molar-refractivity contribution is 8.00. The van der Waals surface area contributed by atoms with Gasteiger partial charge in [0.05, 0.1) is 23.1 Å². The molecule has 1 amide bonds. The van der Waals surface area contributed by atoms with Gasteiger partial charge in [0.1, 0.15) is 5.76 Å². The van der Waals surface area contributed by atoms with Crippen molar-refractivity contribution in [1.82, 2.24) is 20.1 Å². The summed E-state index contributed by atoms with van der Waals surface area (Å²) in [6, 6.07) is 8.78. The summed E-state index contributed by atoms with van der Waals surface area (Å²) < 4.78 is 7.09. The SMILES string of the molecule is C=CCn1c(S[C@@H](C)C(=O)NCc2ccco2)nnc1-c1ccc(Cl)cc1Cl. The molecule has 0 bridgehead atoms. The van der Waals surface area contributed by atoms with E-state index in [-0.39, 0.29) is 11.2 Å². The Labute approximate surface area is 176 Å². The van der Waals surface area contributed by atoms with E-state index in [1.807, 2.05) is 11.5 Å². The molecule has 146 valence electrons. The number of nitrogens with one attached hydrogen (secondary N) is 1. The van der Waals surface area contributed by atoms with Gasteiger partial charge >= 0.3 is 0 Å². The summed E-state index contributed by atoms with van der Waals surface area (Å²) in [5, 5.41) is 12.6. The molecule has 1 atom stereocenters. The minimum absolute atomic E-state index is 0.124. The van der Waals surface area contributed by atoms with E-state index in [4.69, 9.17) is 27.6 Å². The van der Waals surface area contributed by atoms with Crippen LogP contribution in [0.5, 0.6) is 0 Å². The normalized spacial score (nSPS) is 12.0. The molecule has 9 heteroatoms. The van der Waals surface area contributed by atoms with Crippen LogP contribution in [0, 0.1) is 0 Å². The second kappa shape index (κ2) is 9.32. The molecule has 2 aromatic heterocycles. The third kappa shape index (κ3) is 4.79. The van der Waals surface area contributed by atoms with Gasteiger partial charge in [-0.25, -0.2) is 0 Å². The van der Waals surface area contributed by atoms with E-state index in [9.17, 15) is 4.79 Å². The van der Waals surface area contributed by atoms with E-state index in [1.54, 1.807) is 42.7 Å². The number of halogens is 2. The maximum atomic E-state index is 12.4. The van der Waals surface area contributed by atoms with Crippen LogP contribution >= 0.6 is 35.0 Å². The summed E-state index contributed by atoms with van der Waals surface area (Å²) in [6.07, 6.45) is 3.31. The first-order valence-corrected chi connectivity index (χ1v) is 10.1. The van der Waals surface area contributed by atoms with E-state index in [0.29, 0.717) is 45.4 Å². The lowest BCUT2D eigenvalue weighted by atomic mass is 10.2. The summed E-state index contributed by atoms with van der Waals surface area (Å²) in [4.78, 5) is 12.4. The Hall–Kier alpha value is -2.22. The van der Waals surface area contributed by atoms with Crippen LogP contribution in [0.1, 0.15) is 12.7 Å². The number of furan rings is 1. The lowest BCUT2D eigenvalue weighted by molar-refractivity contribution is -0.120. The van der Waals surface area contributed by atoms with E-state index < -0.39 is 0 Å². The van der Waals surface area contributed by atoms with Gasteiger partial charge in [0.15, 0.2) is 11.0 Å². The number of allylic oxidation sites excluding steroid dienone is 1. The first-order valence-electron chi connectivity index (χ1n) is 8.46. The predicted octanol–water partition coefficient (Wildman–Crippen LogP) is 4.83. The van der Waals surface area contributed by atoms with Crippen molar-refractivity contribution in [2.45, 2.75) is 30.4 Å². The number of rotatable bonds is 8. The number of amides is 1. The summed E-state index contributed by atoms with van der Waals surface area (Å²) in [5.74, 6) is 1.16. The van der Waals surface area contributed by atoms with Crippen LogP contribution < -0.4 is 5.32 Å². The molecule has 0 aliphatic carbocycles. The van der Waals surface area contributed by atoms with E-state index in [1.165, 1.54) is 11.8 Å². The standard InChI is InChI=1S/C19H18Cl2N4O2S/c1-3-8-25-17(15-7-6-13(20)10-16(15)21)23-24-19(25)28-12(2)18(26)22-11-14-5-4-9-27-14/h3-7,9-10,12H,1,8,11H2,2H3,(H,22,26)/t12-/m0/s1. The molecule has 0 aliphatic heterocycles. The second-order valence-electron chi connectivity index (χ2n) is 5.89. The minimum atomic E-state index is -0.378. The molecule has 6 nitrogen and oxygen atoms in total. The average molecular weight is 437 g/mol. The van der Waals surface area contributed by atoms with Gasteiger partial charge in [-0.2, -0.15) is 0 Å². The topological polar surface area (TPSA) is 73.0 Å². The van der Waals surface area contributed by atoms with Gasteiger partial charge in [-0.15, -0.1) is 16.8 Å². The minimum Gasteiger partial charge on any atom is -0.467 e. The average Bonchev–Trinajstić information content (AvgIpc) is 3.31. The van der Waals surface area contributed by atoms with Crippen molar-refractivity contribution in [2.75, 3.05) is 0 Å². The molecule has 2 heterocycles. The highest BCUT2D eigenvalue weighted by Crippen LogP contribution is 2.32. The molecule has 0 saturated carbocycles. The molecule has 0 radical (unpaired) electrons. The quantitative estimate of drug-likeness (QED) is 0.404. The van der Waals surface area contributed by atoms with Crippen LogP contribution in [0.15, 0.2) is 58.8 Å². The van der Waals surface area contributed by atoms with Gasteiger partial charge < -0.3 is 9.73 Å².